The quantitative estimate of drug-likeness (QED) is 0.402. The number of amides is 1. The molecular formula is C11H11NO4S. The van der Waals surface area contributed by atoms with E-state index in [1.807, 2.05) is 0 Å². The van der Waals surface area contributed by atoms with Crippen molar-refractivity contribution >= 4 is 30.3 Å². The first-order valence-electron chi connectivity index (χ1n) is 4.79. The Balaban J connectivity index is 2.64. The molecule has 1 aromatic rings. The van der Waals surface area contributed by atoms with E-state index in [-0.39, 0.29) is 0 Å². The number of carboxylic acid groups (broad SMARTS) is 1. The number of nitrogens with one attached hydrogen (secondary N) is 1. The smallest absolute Gasteiger partial charge is 0.322 e. The van der Waals surface area contributed by atoms with Crippen molar-refractivity contribution in [1.82, 2.24) is 5.32 Å². The molecule has 2 N–H and O–H groups in total. The molecule has 5 nitrogen and oxygen atoms in total. The standard InChI is InChI=1S/C11H11NO4S/c13-8(14)6-12-11(16)10(17)9(15)7-4-2-1-3-5-7/h1-5,10,17H,6H2,(H,12,16)(H,13,14)/t10-/m0/s1. The Hall–Kier alpha value is -1.82. The second-order valence-electron chi connectivity index (χ2n) is 3.24. The summed E-state index contributed by atoms with van der Waals surface area (Å²) in [4.78, 5) is 33.4. The fourth-order valence-electron chi connectivity index (χ4n) is 1.14. The van der Waals surface area contributed by atoms with Gasteiger partial charge >= 0.3 is 5.97 Å². The summed E-state index contributed by atoms with van der Waals surface area (Å²) < 4.78 is 0. The number of hydrogen-bond donors (Lipinski definition) is 3. The maximum Gasteiger partial charge on any atom is 0.322 e. The number of ketones is 1. The molecule has 0 saturated carbocycles. The summed E-state index contributed by atoms with van der Waals surface area (Å²) in [6.07, 6.45) is 0. The van der Waals surface area contributed by atoms with Crippen LogP contribution in [0.5, 0.6) is 0 Å². The molecule has 0 aromatic heterocycles. The molecule has 1 atom stereocenters. The Morgan fingerprint density at radius 2 is 1.82 bits per heavy atom. The molecule has 0 radical (unpaired) electrons. The first-order valence-corrected chi connectivity index (χ1v) is 5.31. The van der Waals surface area contributed by atoms with Crippen LogP contribution in [0.1, 0.15) is 10.4 Å². The maximum absolute atomic E-state index is 11.7. The van der Waals surface area contributed by atoms with Gasteiger partial charge in [0, 0.05) is 5.56 Å². The zero-order valence-corrected chi connectivity index (χ0v) is 9.68. The first kappa shape index (κ1) is 13.2. The van der Waals surface area contributed by atoms with E-state index in [1.54, 1.807) is 30.3 Å². The van der Waals surface area contributed by atoms with Crippen molar-refractivity contribution in [3.05, 3.63) is 35.9 Å². The number of carboxylic acids is 1. The molecule has 0 saturated heterocycles. The van der Waals surface area contributed by atoms with Gasteiger partial charge in [-0.1, -0.05) is 30.3 Å². The number of carbonyl (C=O) groups excluding carboxylic acids is 2. The first-order chi connectivity index (χ1) is 8.02. The third kappa shape index (κ3) is 3.92. The molecule has 17 heavy (non-hydrogen) atoms. The van der Waals surface area contributed by atoms with E-state index in [0.29, 0.717) is 5.56 Å². The van der Waals surface area contributed by atoms with Crippen LogP contribution in [0.25, 0.3) is 0 Å². The highest BCUT2D eigenvalue weighted by atomic mass is 32.1. The molecule has 1 amide bonds. The summed E-state index contributed by atoms with van der Waals surface area (Å²) >= 11 is 3.88. The van der Waals surface area contributed by atoms with Gasteiger partial charge in [0.2, 0.25) is 5.91 Å². The van der Waals surface area contributed by atoms with Gasteiger partial charge in [-0.2, -0.15) is 12.6 Å². The van der Waals surface area contributed by atoms with Gasteiger partial charge in [0.05, 0.1) is 0 Å². The summed E-state index contributed by atoms with van der Waals surface area (Å²) in [5, 5.41) is 9.27. The summed E-state index contributed by atoms with van der Waals surface area (Å²) in [7, 11) is 0. The number of carbonyl (C=O) groups is 3. The van der Waals surface area contributed by atoms with E-state index >= 15 is 0 Å². The van der Waals surface area contributed by atoms with E-state index in [0.717, 1.165) is 0 Å². The Kier molecular flexibility index (Phi) is 4.71. The fourth-order valence-corrected chi connectivity index (χ4v) is 1.38. The predicted octanol–water partition coefficient (Wildman–Crippen LogP) is 0.368. The molecular weight excluding hydrogens is 242 g/mol. The van der Waals surface area contributed by atoms with E-state index in [2.05, 4.69) is 17.9 Å². The van der Waals surface area contributed by atoms with Crippen molar-refractivity contribution < 1.29 is 19.5 Å². The van der Waals surface area contributed by atoms with Crippen LogP contribution in [0.15, 0.2) is 30.3 Å². The van der Waals surface area contributed by atoms with Gasteiger partial charge in [-0.25, -0.2) is 0 Å². The van der Waals surface area contributed by atoms with Crippen molar-refractivity contribution in [2.75, 3.05) is 6.54 Å². The number of benzene rings is 1. The van der Waals surface area contributed by atoms with Gasteiger partial charge in [0.25, 0.3) is 0 Å². The van der Waals surface area contributed by atoms with E-state index < -0.39 is 29.5 Å². The molecule has 1 aromatic carbocycles. The van der Waals surface area contributed by atoms with Crippen LogP contribution < -0.4 is 5.32 Å². The molecule has 0 spiro atoms. The van der Waals surface area contributed by atoms with E-state index in [9.17, 15) is 14.4 Å². The zero-order valence-electron chi connectivity index (χ0n) is 8.79. The van der Waals surface area contributed by atoms with Gasteiger partial charge < -0.3 is 10.4 Å². The third-order valence-corrected chi connectivity index (χ3v) is 2.44. The van der Waals surface area contributed by atoms with E-state index in [4.69, 9.17) is 5.11 Å². The minimum absolute atomic E-state index is 0.359. The highest BCUT2D eigenvalue weighted by molar-refractivity contribution is 7.82. The monoisotopic (exact) mass is 253 g/mol. The topological polar surface area (TPSA) is 83.5 Å². The zero-order chi connectivity index (χ0) is 12.8. The molecule has 0 fully saturated rings. The predicted molar refractivity (Wildman–Crippen MR) is 64.2 cm³/mol. The van der Waals surface area contributed by atoms with Crippen LogP contribution in [-0.4, -0.2) is 34.6 Å². The maximum atomic E-state index is 11.7. The molecule has 0 aliphatic heterocycles. The Labute approximate surface area is 103 Å². The number of thiol groups is 1. The Morgan fingerprint density at radius 3 is 2.35 bits per heavy atom. The summed E-state index contributed by atoms with van der Waals surface area (Å²) in [5.74, 6) is -2.35. The minimum atomic E-state index is -1.20. The highest BCUT2D eigenvalue weighted by Crippen LogP contribution is 2.08. The van der Waals surface area contributed by atoms with Gasteiger partial charge in [-0.3, -0.25) is 14.4 Å². The van der Waals surface area contributed by atoms with Crippen LogP contribution >= 0.6 is 12.6 Å². The number of rotatable bonds is 5. The van der Waals surface area contributed by atoms with Crippen molar-refractivity contribution in [2.45, 2.75) is 5.25 Å². The lowest BCUT2D eigenvalue weighted by molar-refractivity contribution is -0.137. The average Bonchev–Trinajstić information content (AvgIpc) is 2.35. The minimum Gasteiger partial charge on any atom is -0.480 e. The second-order valence-corrected chi connectivity index (χ2v) is 3.76. The van der Waals surface area contributed by atoms with Crippen LogP contribution in [-0.2, 0) is 9.59 Å². The van der Waals surface area contributed by atoms with Crippen LogP contribution in [0.4, 0.5) is 0 Å². The van der Waals surface area contributed by atoms with Gasteiger partial charge in [0.15, 0.2) is 5.78 Å². The average molecular weight is 253 g/mol. The van der Waals surface area contributed by atoms with Gasteiger partial charge in [0.1, 0.15) is 11.8 Å². The largest absolute Gasteiger partial charge is 0.480 e. The molecule has 0 aliphatic carbocycles. The van der Waals surface area contributed by atoms with E-state index in [1.165, 1.54) is 0 Å². The lowest BCUT2D eigenvalue weighted by Gasteiger charge is -2.09. The molecule has 90 valence electrons. The van der Waals surface area contributed by atoms with Crippen LogP contribution in [0, 0.1) is 0 Å². The van der Waals surface area contributed by atoms with Crippen molar-refractivity contribution in [3.63, 3.8) is 0 Å². The van der Waals surface area contributed by atoms with Crippen LogP contribution in [0.2, 0.25) is 0 Å². The Morgan fingerprint density at radius 1 is 1.24 bits per heavy atom. The number of hydrogen-bond acceptors (Lipinski definition) is 4. The lowest BCUT2D eigenvalue weighted by atomic mass is 10.1. The lowest BCUT2D eigenvalue weighted by Crippen LogP contribution is -2.39. The molecule has 1 rings (SSSR count). The number of aliphatic carboxylic acids is 1. The second kappa shape index (κ2) is 6.05. The van der Waals surface area contributed by atoms with Crippen molar-refractivity contribution in [2.24, 2.45) is 0 Å². The summed E-state index contributed by atoms with van der Waals surface area (Å²) in [5.41, 5.74) is 0.359. The van der Waals surface area contributed by atoms with Gasteiger partial charge in [-0.15, -0.1) is 0 Å². The molecule has 0 bridgehead atoms. The number of Topliss-reactive ketones (excluding diaryl/α,β-unsaturated/α-hetero) is 1. The highest BCUT2D eigenvalue weighted by Gasteiger charge is 2.23. The van der Waals surface area contributed by atoms with Gasteiger partial charge in [-0.05, 0) is 0 Å². The third-order valence-electron chi connectivity index (χ3n) is 1.97. The molecule has 0 heterocycles. The van der Waals surface area contributed by atoms with Crippen molar-refractivity contribution in [1.29, 1.82) is 0 Å². The SMILES string of the molecule is O=C(O)CNC(=O)[C@@H](S)C(=O)c1ccccc1. The summed E-state index contributed by atoms with van der Waals surface area (Å²) in [6.45, 7) is -0.530. The Bertz CT molecular complexity index is 432. The molecule has 0 aliphatic rings. The normalized spacial score (nSPS) is 11.6. The van der Waals surface area contributed by atoms with Crippen LogP contribution in [0.3, 0.4) is 0 Å². The molecule has 0 unspecified atom stereocenters. The summed E-state index contributed by atoms with van der Waals surface area (Å²) in [6, 6.07) is 8.21. The van der Waals surface area contributed by atoms with Crippen molar-refractivity contribution in [3.8, 4) is 0 Å². The molecule has 6 heteroatoms. The fraction of sp³-hybridized carbons (Fsp3) is 0.182.